The summed E-state index contributed by atoms with van der Waals surface area (Å²) in [5, 5.41) is 12.2. The molecule has 0 aliphatic rings. The van der Waals surface area contributed by atoms with E-state index in [9.17, 15) is 9.90 Å². The lowest BCUT2D eigenvalue weighted by molar-refractivity contribution is 0.0697. The number of carbonyl (C=O) groups is 1. The highest BCUT2D eigenvalue weighted by molar-refractivity contribution is 9.10. The summed E-state index contributed by atoms with van der Waals surface area (Å²) in [5.74, 6) is -0.563. The largest absolute Gasteiger partial charge is 0.478 e. The van der Waals surface area contributed by atoms with Crippen LogP contribution in [-0.2, 0) is 6.54 Å². The summed E-state index contributed by atoms with van der Waals surface area (Å²) < 4.78 is 0.645. The number of thiazole rings is 1. The number of carboxylic acid groups (broad SMARTS) is 1. The Balaban J connectivity index is 2.28. The maximum atomic E-state index is 11.2. The highest BCUT2D eigenvalue weighted by atomic mass is 79.9. The van der Waals surface area contributed by atoms with E-state index in [4.69, 9.17) is 0 Å². The molecule has 0 atom stereocenters. The van der Waals surface area contributed by atoms with Crippen LogP contribution < -0.4 is 4.90 Å². The number of nitrogens with zero attached hydrogens (tertiary/aromatic N) is 3. The fraction of sp³-hybridized carbons (Fsp3) is 0.250. The molecule has 0 fully saturated rings. The second kappa shape index (κ2) is 5.66. The first kappa shape index (κ1) is 14.0. The van der Waals surface area contributed by atoms with E-state index in [0.717, 1.165) is 10.7 Å². The minimum absolute atomic E-state index is 0.170. The topological polar surface area (TPSA) is 66.3 Å². The molecule has 0 aromatic carbocycles. The molecule has 2 aromatic rings. The zero-order valence-electron chi connectivity index (χ0n) is 10.4. The van der Waals surface area contributed by atoms with Gasteiger partial charge < -0.3 is 10.0 Å². The molecule has 2 heterocycles. The molecule has 5 nitrogen and oxygen atoms in total. The fourth-order valence-corrected chi connectivity index (χ4v) is 2.63. The second-order valence-electron chi connectivity index (χ2n) is 4.04. The number of pyridine rings is 1. The molecule has 0 aliphatic carbocycles. The summed E-state index contributed by atoms with van der Waals surface area (Å²) in [6.45, 7) is 2.47. The van der Waals surface area contributed by atoms with E-state index in [2.05, 4.69) is 25.9 Å². The molecule has 1 N–H and O–H groups in total. The average molecular weight is 342 g/mol. The van der Waals surface area contributed by atoms with Crippen molar-refractivity contribution in [1.29, 1.82) is 0 Å². The maximum absolute atomic E-state index is 11.2. The standard InChI is InChI=1S/C12H12BrN3O2S/c1-7-15-9(6-19-7)5-16(2)11-10(12(17)18)3-8(13)4-14-11/h3-4,6H,5H2,1-2H3,(H,17,18). The van der Waals surface area contributed by atoms with Gasteiger partial charge in [0.15, 0.2) is 0 Å². The monoisotopic (exact) mass is 341 g/mol. The molecule has 0 radical (unpaired) electrons. The van der Waals surface area contributed by atoms with Crippen LogP contribution in [0, 0.1) is 6.92 Å². The summed E-state index contributed by atoms with van der Waals surface area (Å²) in [6, 6.07) is 1.55. The van der Waals surface area contributed by atoms with Crippen molar-refractivity contribution in [3.63, 3.8) is 0 Å². The molecule has 7 heteroatoms. The molecular weight excluding hydrogens is 330 g/mol. The Hall–Kier alpha value is -1.47. The van der Waals surface area contributed by atoms with Gasteiger partial charge in [0.05, 0.1) is 17.2 Å². The number of hydrogen-bond acceptors (Lipinski definition) is 5. The molecule has 0 amide bonds. The molecule has 0 aliphatic heterocycles. The lowest BCUT2D eigenvalue weighted by Crippen LogP contribution is -2.21. The van der Waals surface area contributed by atoms with Gasteiger partial charge in [0.2, 0.25) is 0 Å². The third-order valence-corrected chi connectivity index (χ3v) is 3.75. The zero-order chi connectivity index (χ0) is 14.0. The summed E-state index contributed by atoms with van der Waals surface area (Å²) in [5.41, 5.74) is 1.08. The van der Waals surface area contributed by atoms with Crippen molar-refractivity contribution in [3.8, 4) is 0 Å². The Morgan fingerprint density at radius 3 is 2.89 bits per heavy atom. The van der Waals surface area contributed by atoms with Crippen LogP contribution in [0.15, 0.2) is 22.1 Å². The number of aryl methyl sites for hydroxylation is 1. The van der Waals surface area contributed by atoms with Gasteiger partial charge in [0.1, 0.15) is 11.4 Å². The van der Waals surface area contributed by atoms with Crippen LogP contribution in [0.2, 0.25) is 0 Å². The van der Waals surface area contributed by atoms with Gasteiger partial charge in [-0.05, 0) is 28.9 Å². The highest BCUT2D eigenvalue weighted by Gasteiger charge is 2.16. The minimum atomic E-state index is -0.995. The lowest BCUT2D eigenvalue weighted by atomic mass is 10.2. The van der Waals surface area contributed by atoms with Gasteiger partial charge in [-0.2, -0.15) is 0 Å². The van der Waals surface area contributed by atoms with Crippen LogP contribution in [0.3, 0.4) is 0 Å². The van der Waals surface area contributed by atoms with Crippen LogP contribution in [0.1, 0.15) is 21.1 Å². The number of carboxylic acids is 1. The van der Waals surface area contributed by atoms with Crippen molar-refractivity contribution in [2.45, 2.75) is 13.5 Å². The van der Waals surface area contributed by atoms with Crippen molar-refractivity contribution in [2.75, 3.05) is 11.9 Å². The van der Waals surface area contributed by atoms with E-state index in [-0.39, 0.29) is 5.56 Å². The van der Waals surface area contributed by atoms with Gasteiger partial charge in [-0.25, -0.2) is 14.8 Å². The molecule has 100 valence electrons. The SMILES string of the molecule is Cc1nc(CN(C)c2ncc(Br)cc2C(=O)O)cs1. The summed E-state index contributed by atoms with van der Waals surface area (Å²) in [4.78, 5) is 21.6. The predicted octanol–water partition coefficient (Wildman–Crippen LogP) is 2.94. The van der Waals surface area contributed by atoms with Crippen LogP contribution in [0.5, 0.6) is 0 Å². The first-order chi connectivity index (χ1) is 8.97. The molecule has 2 aromatic heterocycles. The Morgan fingerprint density at radius 2 is 2.32 bits per heavy atom. The van der Waals surface area contributed by atoms with Crippen LogP contribution in [0.4, 0.5) is 5.82 Å². The molecule has 0 saturated heterocycles. The fourth-order valence-electron chi connectivity index (χ4n) is 1.69. The van der Waals surface area contributed by atoms with Crippen molar-refractivity contribution in [2.24, 2.45) is 0 Å². The summed E-state index contributed by atoms with van der Waals surface area (Å²) in [6.07, 6.45) is 1.59. The van der Waals surface area contributed by atoms with E-state index < -0.39 is 5.97 Å². The van der Waals surface area contributed by atoms with Gasteiger partial charge in [0, 0.05) is 23.1 Å². The number of rotatable bonds is 4. The van der Waals surface area contributed by atoms with Gasteiger partial charge in [-0.1, -0.05) is 0 Å². The number of anilines is 1. The Kier molecular flexibility index (Phi) is 4.16. The van der Waals surface area contributed by atoms with Gasteiger partial charge >= 0.3 is 5.97 Å². The molecule has 0 unspecified atom stereocenters. The van der Waals surface area contributed by atoms with Crippen LogP contribution in [0.25, 0.3) is 0 Å². The molecule has 2 rings (SSSR count). The minimum Gasteiger partial charge on any atom is -0.478 e. The van der Waals surface area contributed by atoms with Crippen LogP contribution >= 0.6 is 27.3 Å². The van der Waals surface area contributed by atoms with E-state index in [1.807, 2.05) is 12.3 Å². The van der Waals surface area contributed by atoms with Gasteiger partial charge in [0.25, 0.3) is 0 Å². The predicted molar refractivity (Wildman–Crippen MR) is 77.9 cm³/mol. The quantitative estimate of drug-likeness (QED) is 0.925. The summed E-state index contributed by atoms with van der Waals surface area (Å²) in [7, 11) is 1.80. The van der Waals surface area contributed by atoms with Crippen LogP contribution in [-0.4, -0.2) is 28.1 Å². The van der Waals surface area contributed by atoms with E-state index in [0.29, 0.717) is 16.8 Å². The third kappa shape index (κ3) is 3.30. The number of hydrogen-bond donors (Lipinski definition) is 1. The average Bonchev–Trinajstić information content (AvgIpc) is 2.74. The number of halogens is 1. The normalized spacial score (nSPS) is 10.5. The third-order valence-electron chi connectivity index (χ3n) is 2.49. The lowest BCUT2D eigenvalue weighted by Gasteiger charge is -2.18. The van der Waals surface area contributed by atoms with Crippen molar-refractivity contribution in [1.82, 2.24) is 9.97 Å². The Bertz CT molecular complexity index is 615. The Labute approximate surface area is 123 Å². The smallest absolute Gasteiger partial charge is 0.339 e. The molecule has 0 spiro atoms. The van der Waals surface area contributed by atoms with E-state index in [1.54, 1.807) is 35.5 Å². The van der Waals surface area contributed by atoms with Gasteiger partial charge in [-0.3, -0.25) is 0 Å². The van der Waals surface area contributed by atoms with E-state index >= 15 is 0 Å². The van der Waals surface area contributed by atoms with Crippen molar-refractivity contribution in [3.05, 3.63) is 38.4 Å². The van der Waals surface area contributed by atoms with Crippen molar-refractivity contribution < 1.29 is 9.90 Å². The van der Waals surface area contributed by atoms with E-state index in [1.165, 1.54) is 0 Å². The first-order valence-electron chi connectivity index (χ1n) is 5.48. The summed E-state index contributed by atoms with van der Waals surface area (Å²) >= 11 is 4.80. The molecular formula is C12H12BrN3O2S. The Morgan fingerprint density at radius 1 is 1.58 bits per heavy atom. The van der Waals surface area contributed by atoms with Gasteiger partial charge in [-0.15, -0.1) is 11.3 Å². The highest BCUT2D eigenvalue weighted by Crippen LogP contribution is 2.22. The zero-order valence-corrected chi connectivity index (χ0v) is 12.8. The maximum Gasteiger partial charge on any atom is 0.339 e. The number of aromatic nitrogens is 2. The molecule has 0 saturated carbocycles. The number of aromatic carboxylic acids is 1. The molecule has 0 bridgehead atoms. The molecule has 19 heavy (non-hydrogen) atoms. The van der Waals surface area contributed by atoms with Crippen molar-refractivity contribution >= 4 is 39.1 Å². The first-order valence-corrected chi connectivity index (χ1v) is 7.15. The second-order valence-corrected chi connectivity index (χ2v) is 6.02.